The topological polar surface area (TPSA) is 62.4 Å². The number of anilines is 1. The number of aliphatic hydroxyl groups is 1. The molecule has 17 heavy (non-hydrogen) atoms. The fraction of sp³-hybridized carbons (Fsp3) is 0.615. The second-order valence-corrected chi connectivity index (χ2v) is 5.06. The fourth-order valence-electron chi connectivity index (χ4n) is 1.71. The smallest absolute Gasteiger partial charge is 0.128 e. The molecule has 1 atom stereocenters. The predicted molar refractivity (Wildman–Crippen MR) is 71.0 cm³/mol. The summed E-state index contributed by atoms with van der Waals surface area (Å²) < 4.78 is 0. The minimum absolute atomic E-state index is 0.00223. The van der Waals surface area contributed by atoms with Crippen molar-refractivity contribution in [2.45, 2.75) is 39.3 Å². The fourth-order valence-corrected chi connectivity index (χ4v) is 1.71. The number of likely N-dealkylation sites (N-methyl/N-ethyl adjacent to an activating group) is 1. The molecule has 0 fully saturated rings. The molecule has 4 nitrogen and oxygen atoms in total. The summed E-state index contributed by atoms with van der Waals surface area (Å²) in [5.74, 6) is 0.865. The highest BCUT2D eigenvalue weighted by Crippen LogP contribution is 2.18. The van der Waals surface area contributed by atoms with Gasteiger partial charge in [-0.05, 0) is 45.4 Å². The molecule has 0 aliphatic heterocycles. The van der Waals surface area contributed by atoms with Crippen molar-refractivity contribution < 1.29 is 5.11 Å². The van der Waals surface area contributed by atoms with E-state index in [1.54, 1.807) is 20.0 Å². The molecule has 1 rings (SSSR count). The van der Waals surface area contributed by atoms with Crippen molar-refractivity contribution in [3.63, 3.8) is 0 Å². The van der Waals surface area contributed by atoms with Crippen LogP contribution in [0.1, 0.15) is 39.3 Å². The molecule has 0 aliphatic carbocycles. The molecule has 0 bridgehead atoms. The number of pyridine rings is 1. The molecule has 4 heteroatoms. The molecule has 0 saturated heterocycles. The number of rotatable bonds is 5. The molecular formula is C13H23N3O. The average molecular weight is 237 g/mol. The van der Waals surface area contributed by atoms with Crippen LogP contribution in [-0.4, -0.2) is 28.8 Å². The molecule has 3 N–H and O–H groups in total. The number of hydrogen-bond donors (Lipinski definition) is 2. The van der Waals surface area contributed by atoms with Gasteiger partial charge in [-0.15, -0.1) is 0 Å². The lowest BCUT2D eigenvalue weighted by Crippen LogP contribution is -2.39. The van der Waals surface area contributed by atoms with E-state index in [0.717, 1.165) is 17.9 Å². The molecule has 96 valence electrons. The van der Waals surface area contributed by atoms with E-state index in [1.807, 2.05) is 30.9 Å². The van der Waals surface area contributed by atoms with Crippen molar-refractivity contribution >= 4 is 5.82 Å². The maximum atomic E-state index is 9.86. The van der Waals surface area contributed by atoms with Crippen LogP contribution in [0.25, 0.3) is 0 Å². The van der Waals surface area contributed by atoms with Gasteiger partial charge in [0.2, 0.25) is 0 Å². The molecule has 0 saturated carbocycles. The van der Waals surface area contributed by atoms with Gasteiger partial charge in [0.15, 0.2) is 0 Å². The molecule has 0 aliphatic rings. The second-order valence-electron chi connectivity index (χ2n) is 5.06. The Balaban J connectivity index is 2.92. The summed E-state index contributed by atoms with van der Waals surface area (Å²) in [7, 11) is 0. The van der Waals surface area contributed by atoms with Crippen LogP contribution < -0.4 is 10.6 Å². The lowest BCUT2D eigenvalue weighted by atomic mass is 10.1. The van der Waals surface area contributed by atoms with Gasteiger partial charge in [0.25, 0.3) is 0 Å². The lowest BCUT2D eigenvalue weighted by molar-refractivity contribution is 0.0874. The van der Waals surface area contributed by atoms with Crippen LogP contribution in [0.4, 0.5) is 5.82 Å². The van der Waals surface area contributed by atoms with Gasteiger partial charge in [0.1, 0.15) is 5.82 Å². The SMILES string of the molecule is CCN(CC(C)(C)O)c1cc([C@@H](C)N)ccn1. The highest BCUT2D eigenvalue weighted by atomic mass is 16.3. The number of nitrogens with two attached hydrogens (primary N) is 1. The molecule has 0 spiro atoms. The molecule has 1 aromatic rings. The zero-order chi connectivity index (χ0) is 13.1. The molecule has 0 amide bonds. The molecular weight excluding hydrogens is 214 g/mol. The number of nitrogens with zero attached hydrogens (tertiary/aromatic N) is 2. The van der Waals surface area contributed by atoms with E-state index < -0.39 is 5.60 Å². The Morgan fingerprint density at radius 1 is 1.53 bits per heavy atom. The van der Waals surface area contributed by atoms with E-state index >= 15 is 0 Å². The third kappa shape index (κ3) is 4.32. The molecule has 0 unspecified atom stereocenters. The zero-order valence-electron chi connectivity index (χ0n) is 11.1. The van der Waals surface area contributed by atoms with E-state index in [2.05, 4.69) is 4.98 Å². The van der Waals surface area contributed by atoms with Crippen LogP contribution in [-0.2, 0) is 0 Å². The van der Waals surface area contributed by atoms with Gasteiger partial charge in [-0.2, -0.15) is 0 Å². The Hall–Kier alpha value is -1.13. The van der Waals surface area contributed by atoms with Crippen molar-refractivity contribution in [3.05, 3.63) is 23.9 Å². The Kier molecular flexibility index (Phi) is 4.48. The molecule has 0 radical (unpaired) electrons. The van der Waals surface area contributed by atoms with Crippen molar-refractivity contribution in [3.8, 4) is 0 Å². The average Bonchev–Trinajstić information content (AvgIpc) is 2.25. The standard InChI is InChI=1S/C13H23N3O/c1-5-16(9-13(3,4)17)12-8-11(10(2)14)6-7-15-12/h6-8,10,17H,5,9,14H2,1-4H3/t10-/m1/s1. The molecule has 1 heterocycles. The van der Waals surface area contributed by atoms with Gasteiger partial charge in [-0.25, -0.2) is 4.98 Å². The third-order valence-electron chi connectivity index (χ3n) is 2.58. The second kappa shape index (κ2) is 5.47. The summed E-state index contributed by atoms with van der Waals surface area (Å²) >= 11 is 0. The molecule has 0 aromatic carbocycles. The minimum atomic E-state index is -0.734. The van der Waals surface area contributed by atoms with Gasteiger partial charge < -0.3 is 15.7 Å². The highest BCUT2D eigenvalue weighted by molar-refractivity contribution is 5.42. The zero-order valence-corrected chi connectivity index (χ0v) is 11.1. The lowest BCUT2D eigenvalue weighted by Gasteiger charge is -2.29. The van der Waals surface area contributed by atoms with Crippen LogP contribution >= 0.6 is 0 Å². The molecule has 1 aromatic heterocycles. The largest absolute Gasteiger partial charge is 0.389 e. The number of aromatic nitrogens is 1. The quantitative estimate of drug-likeness (QED) is 0.818. The summed E-state index contributed by atoms with van der Waals surface area (Å²) in [5.41, 5.74) is 6.18. The van der Waals surface area contributed by atoms with Crippen LogP contribution in [0.15, 0.2) is 18.3 Å². The van der Waals surface area contributed by atoms with Gasteiger partial charge in [-0.3, -0.25) is 0 Å². The predicted octanol–water partition coefficient (Wildman–Crippen LogP) is 1.70. The van der Waals surface area contributed by atoms with Crippen molar-refractivity contribution in [2.24, 2.45) is 5.73 Å². The maximum Gasteiger partial charge on any atom is 0.128 e. The Labute approximate surface area is 103 Å². The Morgan fingerprint density at radius 2 is 2.18 bits per heavy atom. The first-order valence-electron chi connectivity index (χ1n) is 6.02. The van der Waals surface area contributed by atoms with Crippen LogP contribution in [0.3, 0.4) is 0 Å². The monoisotopic (exact) mass is 237 g/mol. The van der Waals surface area contributed by atoms with E-state index in [9.17, 15) is 5.11 Å². The summed E-state index contributed by atoms with van der Waals surface area (Å²) in [6, 6.07) is 3.91. The van der Waals surface area contributed by atoms with Crippen molar-refractivity contribution in [2.75, 3.05) is 18.0 Å². The summed E-state index contributed by atoms with van der Waals surface area (Å²) in [6.45, 7) is 8.95. The number of hydrogen-bond acceptors (Lipinski definition) is 4. The van der Waals surface area contributed by atoms with Crippen LogP contribution in [0.5, 0.6) is 0 Å². The van der Waals surface area contributed by atoms with E-state index in [-0.39, 0.29) is 6.04 Å². The van der Waals surface area contributed by atoms with Crippen molar-refractivity contribution in [1.82, 2.24) is 4.98 Å². The Morgan fingerprint density at radius 3 is 2.65 bits per heavy atom. The summed E-state index contributed by atoms with van der Waals surface area (Å²) in [5, 5.41) is 9.86. The summed E-state index contributed by atoms with van der Waals surface area (Å²) in [6.07, 6.45) is 1.76. The first kappa shape index (κ1) is 13.9. The normalized spacial score (nSPS) is 13.5. The maximum absolute atomic E-state index is 9.86. The highest BCUT2D eigenvalue weighted by Gasteiger charge is 2.18. The van der Waals surface area contributed by atoms with E-state index in [1.165, 1.54) is 0 Å². The van der Waals surface area contributed by atoms with Crippen LogP contribution in [0, 0.1) is 0 Å². The van der Waals surface area contributed by atoms with Crippen LogP contribution in [0.2, 0.25) is 0 Å². The summed E-state index contributed by atoms with van der Waals surface area (Å²) in [4.78, 5) is 6.38. The van der Waals surface area contributed by atoms with Gasteiger partial charge in [0.05, 0.1) is 5.60 Å². The van der Waals surface area contributed by atoms with Crippen molar-refractivity contribution in [1.29, 1.82) is 0 Å². The first-order chi connectivity index (χ1) is 7.83. The van der Waals surface area contributed by atoms with Gasteiger partial charge in [0, 0.05) is 25.3 Å². The minimum Gasteiger partial charge on any atom is -0.389 e. The van der Waals surface area contributed by atoms with Gasteiger partial charge >= 0.3 is 0 Å². The first-order valence-corrected chi connectivity index (χ1v) is 6.02. The van der Waals surface area contributed by atoms with Gasteiger partial charge in [-0.1, -0.05) is 0 Å². The van der Waals surface area contributed by atoms with E-state index in [4.69, 9.17) is 5.73 Å². The Bertz CT molecular complexity index is 358. The van der Waals surface area contributed by atoms with E-state index in [0.29, 0.717) is 6.54 Å². The third-order valence-corrected chi connectivity index (χ3v) is 2.58.